The molecule has 358 valence electrons. The Morgan fingerprint density at radius 1 is 0.379 bits per heavy atom. The largest absolute Gasteiger partial charge is 1.00 e. The normalized spacial score (nSPS) is 11.2. The van der Waals surface area contributed by atoms with E-state index in [1.54, 1.807) is 0 Å². The van der Waals surface area contributed by atoms with Crippen molar-refractivity contribution in [3.8, 4) is 0 Å². The minimum Gasteiger partial charge on any atom is -0.548 e. The van der Waals surface area contributed by atoms with Gasteiger partial charge in [-0.15, -0.1) is 0 Å². The van der Waals surface area contributed by atoms with Crippen LogP contribution >= 0.6 is 0 Å². The third-order valence-corrected chi connectivity index (χ3v) is 11.0. The Kier molecular flexibility index (Phi) is 57.9. The molecule has 2 N–H and O–H groups in total. The summed E-state index contributed by atoms with van der Waals surface area (Å²) in [5.74, 6) is -9.42. The van der Waals surface area contributed by atoms with Crippen molar-refractivity contribution < 1.29 is 177 Å². The monoisotopic (exact) mass is 971 g/mol. The van der Waals surface area contributed by atoms with Crippen LogP contribution in [0.1, 0.15) is 206 Å². The maximum Gasteiger partial charge on any atom is 1.00 e. The molecule has 0 aromatic rings. The second kappa shape index (κ2) is 51.1. The van der Waals surface area contributed by atoms with Gasteiger partial charge in [0, 0.05) is 38.8 Å². The molecule has 4 amide bonds. The fourth-order valence-electron chi connectivity index (χ4n) is 7.27. The summed E-state index contributed by atoms with van der Waals surface area (Å²) >= 11 is 0. The molecule has 0 heterocycles. The van der Waals surface area contributed by atoms with E-state index in [2.05, 4.69) is 24.5 Å². The van der Waals surface area contributed by atoms with Crippen LogP contribution < -0.4 is 149 Å². The van der Waals surface area contributed by atoms with E-state index in [4.69, 9.17) is 0 Å². The Bertz CT molecular complexity index is 1220. The zero-order valence-corrected chi connectivity index (χ0v) is 50.0. The van der Waals surface area contributed by atoms with Gasteiger partial charge in [0.05, 0.1) is 49.1 Å². The molecule has 2 atom stereocenters. The molecule has 0 aliphatic rings. The number of aliphatic carboxylic acids is 4. The summed E-state index contributed by atoms with van der Waals surface area (Å²) in [5, 5.41) is 51.2. The van der Waals surface area contributed by atoms with E-state index in [9.17, 15) is 58.8 Å². The van der Waals surface area contributed by atoms with E-state index in [0.29, 0.717) is 12.8 Å². The second-order valence-corrected chi connectivity index (χ2v) is 16.6. The van der Waals surface area contributed by atoms with Crippen LogP contribution in [0.25, 0.3) is 0 Å². The van der Waals surface area contributed by atoms with Gasteiger partial charge in [0.2, 0.25) is 23.6 Å². The van der Waals surface area contributed by atoms with Crippen LogP contribution in [0.2, 0.25) is 0 Å². The summed E-state index contributed by atoms with van der Waals surface area (Å²) in [7, 11) is 0. The zero-order valence-electron chi connectivity index (χ0n) is 42.0. The standard InChI is InChI=1S/C46H82N4O12.4Na/c1-3-5-7-9-11-13-15-17-19-21-23-25-27-39(51)47-37(45(59)60)29-31-41(53)49(35-43(55)56)33-34-50(36-44(57)58)42(54)32-30-38(46(61)62)48-40(52)28-26-24-22-20-18-16-14-12-10-8-6-4-2;;;;/h37-38H,3-36H2,1-2H3,(H,47,51)(H,48,52)(H,55,56)(H,57,58)(H,59,60)(H,61,62);;;;/q;4*+1/p-4. The molecule has 16 nitrogen and oxygen atoms in total. The van der Waals surface area contributed by atoms with Crippen molar-refractivity contribution in [2.75, 3.05) is 26.2 Å². The molecule has 0 saturated heterocycles. The van der Waals surface area contributed by atoms with Gasteiger partial charge in [-0.25, -0.2) is 0 Å². The fraction of sp³-hybridized carbons (Fsp3) is 0.826. The molecule has 0 fully saturated rings. The summed E-state index contributed by atoms with van der Waals surface area (Å²) < 4.78 is 0. The molecule has 0 rings (SSSR count). The predicted molar refractivity (Wildman–Crippen MR) is 227 cm³/mol. The molecule has 0 aromatic carbocycles. The van der Waals surface area contributed by atoms with Gasteiger partial charge >= 0.3 is 118 Å². The van der Waals surface area contributed by atoms with Crippen molar-refractivity contribution in [2.24, 2.45) is 0 Å². The molecule has 20 heteroatoms. The Hall–Kier alpha value is -0.240. The van der Waals surface area contributed by atoms with E-state index in [-0.39, 0.29) is 131 Å². The first kappa shape index (κ1) is 74.7. The summed E-state index contributed by atoms with van der Waals surface area (Å²) in [6.45, 7) is 1.44. The molecule has 0 spiro atoms. The van der Waals surface area contributed by atoms with Gasteiger partial charge in [0.1, 0.15) is 0 Å². The van der Waals surface area contributed by atoms with Crippen molar-refractivity contribution in [1.29, 1.82) is 0 Å². The molecule has 2 unspecified atom stereocenters. The number of carbonyl (C=O) groups excluding carboxylic acids is 8. The summed E-state index contributed by atoms with van der Waals surface area (Å²) in [4.78, 5) is 99.1. The van der Waals surface area contributed by atoms with Crippen LogP contribution in [0, 0.1) is 0 Å². The number of hydrogen-bond donors (Lipinski definition) is 2. The van der Waals surface area contributed by atoms with Crippen LogP contribution in [0.5, 0.6) is 0 Å². The first-order valence-electron chi connectivity index (χ1n) is 23.7. The number of amides is 4. The number of carboxylic acid groups (broad SMARTS) is 4. The van der Waals surface area contributed by atoms with Crippen molar-refractivity contribution in [3.05, 3.63) is 0 Å². The summed E-state index contributed by atoms with van der Waals surface area (Å²) in [5.41, 5.74) is 0. The van der Waals surface area contributed by atoms with Gasteiger partial charge in [-0.1, -0.05) is 155 Å². The van der Waals surface area contributed by atoms with Crippen LogP contribution in [0.15, 0.2) is 0 Å². The van der Waals surface area contributed by atoms with Gasteiger partial charge in [0.15, 0.2) is 0 Å². The van der Waals surface area contributed by atoms with Gasteiger partial charge < -0.3 is 60.0 Å². The number of nitrogens with one attached hydrogen (secondary N) is 2. The number of carbonyl (C=O) groups is 8. The van der Waals surface area contributed by atoms with E-state index in [0.717, 1.165) is 61.2 Å². The van der Waals surface area contributed by atoms with Crippen molar-refractivity contribution in [2.45, 2.75) is 219 Å². The van der Waals surface area contributed by atoms with Gasteiger partial charge in [-0.2, -0.15) is 0 Å². The first-order valence-corrected chi connectivity index (χ1v) is 23.7. The molecule has 0 radical (unpaired) electrons. The van der Waals surface area contributed by atoms with E-state index >= 15 is 0 Å². The second-order valence-electron chi connectivity index (χ2n) is 16.6. The summed E-state index contributed by atoms with van der Waals surface area (Å²) in [6, 6.07) is -3.07. The van der Waals surface area contributed by atoms with Crippen molar-refractivity contribution in [1.82, 2.24) is 20.4 Å². The van der Waals surface area contributed by atoms with Crippen LogP contribution in [0.3, 0.4) is 0 Å². The third kappa shape index (κ3) is 44.9. The minimum absolute atomic E-state index is 0. The van der Waals surface area contributed by atoms with Crippen LogP contribution in [0.4, 0.5) is 0 Å². The number of unbranched alkanes of at least 4 members (excludes halogenated alkanes) is 22. The number of rotatable bonds is 43. The van der Waals surface area contributed by atoms with E-state index in [1.807, 2.05) is 0 Å². The molecule has 0 saturated carbocycles. The zero-order chi connectivity index (χ0) is 46.4. The average Bonchev–Trinajstić information content (AvgIpc) is 3.21. The molecule has 0 aromatic heterocycles. The summed E-state index contributed by atoms with van der Waals surface area (Å²) in [6.07, 6.45) is 24.8. The predicted octanol–water partition coefficient (Wildman–Crippen LogP) is -9.63. The van der Waals surface area contributed by atoms with Crippen LogP contribution in [-0.4, -0.2) is 95.6 Å². The number of carboxylic acids is 4. The Morgan fingerprint density at radius 2 is 0.621 bits per heavy atom. The van der Waals surface area contributed by atoms with Crippen LogP contribution in [-0.2, 0) is 38.4 Å². The maximum atomic E-state index is 13.1. The molecular weight excluding hydrogens is 892 g/mol. The molecule has 0 bridgehead atoms. The smallest absolute Gasteiger partial charge is 0.548 e. The van der Waals surface area contributed by atoms with Gasteiger partial charge in [0.25, 0.3) is 0 Å². The third-order valence-electron chi connectivity index (χ3n) is 11.0. The molecule has 66 heavy (non-hydrogen) atoms. The van der Waals surface area contributed by atoms with Crippen molar-refractivity contribution >= 4 is 47.5 Å². The Morgan fingerprint density at radius 3 is 0.848 bits per heavy atom. The number of hydrogen-bond acceptors (Lipinski definition) is 12. The fourth-order valence-corrected chi connectivity index (χ4v) is 7.27. The van der Waals surface area contributed by atoms with E-state index in [1.165, 1.54) is 89.9 Å². The van der Waals surface area contributed by atoms with Gasteiger partial charge in [-0.05, 0) is 25.7 Å². The SMILES string of the molecule is CCCCCCCCCCCCCCC(=O)NC(CCC(=O)N(CCN(CC(=O)[O-])C(=O)CCC(NC(=O)CCCCCCCCCCCCCC)C(=O)[O-])CC(=O)[O-])C(=O)[O-].[Na+].[Na+].[Na+].[Na+]. The molecular formula is C46H78N4Na4O12. The maximum absolute atomic E-state index is 13.1. The first-order chi connectivity index (χ1) is 29.7. The number of nitrogens with zero attached hydrogens (tertiary/aromatic N) is 2. The topological polar surface area (TPSA) is 259 Å². The van der Waals surface area contributed by atoms with Crippen molar-refractivity contribution in [3.63, 3.8) is 0 Å². The Labute approximate surface area is 484 Å². The quantitative estimate of drug-likeness (QED) is 0.0427. The minimum atomic E-state index is -1.68. The average molecular weight is 971 g/mol. The molecule has 0 aliphatic carbocycles. The van der Waals surface area contributed by atoms with Gasteiger partial charge in [-0.3, -0.25) is 19.2 Å². The Balaban J connectivity index is -0.00000310. The van der Waals surface area contributed by atoms with E-state index < -0.39 is 111 Å². The molecule has 0 aliphatic heterocycles.